The average Bonchev–Trinajstić information content (AvgIpc) is 2.52. The lowest BCUT2D eigenvalue weighted by Crippen LogP contribution is -2.37. The lowest BCUT2D eigenvalue weighted by Gasteiger charge is -2.13. The van der Waals surface area contributed by atoms with Gasteiger partial charge in [0.2, 0.25) is 0 Å². The molecule has 2 aromatic rings. The van der Waals surface area contributed by atoms with E-state index in [0.29, 0.717) is 12.1 Å². The fraction of sp³-hybridized carbons (Fsp3) is 0.200. The smallest absolute Gasteiger partial charge is 0.315 e. The lowest BCUT2D eigenvalue weighted by molar-refractivity contribution is 0.173. The predicted octanol–water partition coefficient (Wildman–Crippen LogP) is 1.75. The molecule has 6 heteroatoms. The maximum Gasteiger partial charge on any atom is 0.315 e. The standard InChI is InChI=1S/C15H16FN3O2/c16-13-3-1-12(2-4-13)14(20)10-19-15(21)18-9-11-5-7-17-8-6-11/h1-8,14,20H,9-10H2,(H2,18,19,21). The number of rotatable bonds is 5. The number of aliphatic hydroxyl groups excluding tert-OH is 1. The molecule has 110 valence electrons. The van der Waals surface area contributed by atoms with Crippen LogP contribution in [0.5, 0.6) is 0 Å². The molecule has 1 aromatic carbocycles. The van der Waals surface area contributed by atoms with Crippen LogP contribution in [0.1, 0.15) is 17.2 Å². The number of amides is 2. The molecule has 1 heterocycles. The van der Waals surface area contributed by atoms with Crippen LogP contribution >= 0.6 is 0 Å². The van der Waals surface area contributed by atoms with Gasteiger partial charge in [-0.3, -0.25) is 4.98 Å². The number of pyridine rings is 1. The zero-order chi connectivity index (χ0) is 15.1. The van der Waals surface area contributed by atoms with Gasteiger partial charge in [-0.05, 0) is 35.4 Å². The van der Waals surface area contributed by atoms with Gasteiger partial charge in [-0.15, -0.1) is 0 Å². The Bertz CT molecular complexity index is 575. The molecule has 0 saturated heterocycles. The SMILES string of the molecule is O=C(NCc1ccncc1)NCC(O)c1ccc(F)cc1. The van der Waals surface area contributed by atoms with Crippen LogP contribution in [0.15, 0.2) is 48.8 Å². The summed E-state index contributed by atoms with van der Waals surface area (Å²) in [6.45, 7) is 0.425. The number of carbonyl (C=O) groups is 1. The highest BCUT2D eigenvalue weighted by molar-refractivity contribution is 5.73. The zero-order valence-corrected chi connectivity index (χ0v) is 11.3. The molecular formula is C15H16FN3O2. The highest BCUT2D eigenvalue weighted by Crippen LogP contribution is 2.12. The van der Waals surface area contributed by atoms with Crippen LogP contribution in [0.25, 0.3) is 0 Å². The summed E-state index contributed by atoms with van der Waals surface area (Å²) in [7, 11) is 0. The average molecular weight is 289 g/mol. The van der Waals surface area contributed by atoms with Gasteiger partial charge in [-0.25, -0.2) is 9.18 Å². The Balaban J connectivity index is 1.74. The number of nitrogens with one attached hydrogen (secondary N) is 2. The van der Waals surface area contributed by atoms with E-state index in [4.69, 9.17) is 0 Å². The van der Waals surface area contributed by atoms with E-state index in [-0.39, 0.29) is 18.4 Å². The summed E-state index contributed by atoms with van der Waals surface area (Å²) < 4.78 is 12.8. The first-order valence-electron chi connectivity index (χ1n) is 6.49. The van der Waals surface area contributed by atoms with Gasteiger partial charge in [-0.2, -0.15) is 0 Å². The molecule has 0 aliphatic heterocycles. The molecule has 0 spiro atoms. The van der Waals surface area contributed by atoms with Crippen molar-refractivity contribution in [3.8, 4) is 0 Å². The lowest BCUT2D eigenvalue weighted by atomic mass is 10.1. The summed E-state index contributed by atoms with van der Waals surface area (Å²) in [5, 5.41) is 15.1. The first-order valence-corrected chi connectivity index (χ1v) is 6.49. The summed E-state index contributed by atoms with van der Waals surface area (Å²) in [4.78, 5) is 15.5. The molecular weight excluding hydrogens is 273 g/mol. The molecule has 21 heavy (non-hydrogen) atoms. The van der Waals surface area contributed by atoms with Crippen LogP contribution in [0.4, 0.5) is 9.18 Å². The summed E-state index contributed by atoms with van der Waals surface area (Å²) in [5.41, 5.74) is 1.48. The maximum absolute atomic E-state index is 12.8. The molecule has 3 N–H and O–H groups in total. The Kier molecular flexibility index (Phi) is 5.22. The van der Waals surface area contributed by atoms with Crippen molar-refractivity contribution in [1.82, 2.24) is 15.6 Å². The second-order valence-electron chi connectivity index (χ2n) is 4.49. The molecule has 0 radical (unpaired) electrons. The van der Waals surface area contributed by atoms with E-state index in [1.54, 1.807) is 24.5 Å². The summed E-state index contributed by atoms with van der Waals surface area (Å²) in [5.74, 6) is -0.367. The monoisotopic (exact) mass is 289 g/mol. The predicted molar refractivity (Wildman–Crippen MR) is 75.8 cm³/mol. The van der Waals surface area contributed by atoms with Crippen LogP contribution in [0.3, 0.4) is 0 Å². The summed E-state index contributed by atoms with van der Waals surface area (Å²) in [6, 6.07) is 8.71. The number of hydrogen-bond donors (Lipinski definition) is 3. The Morgan fingerprint density at radius 2 is 1.81 bits per heavy atom. The van der Waals surface area contributed by atoms with E-state index < -0.39 is 6.10 Å². The molecule has 1 atom stereocenters. The Morgan fingerprint density at radius 3 is 2.48 bits per heavy atom. The molecule has 2 rings (SSSR count). The van der Waals surface area contributed by atoms with E-state index in [2.05, 4.69) is 15.6 Å². The minimum atomic E-state index is -0.878. The number of aromatic nitrogens is 1. The third-order valence-corrected chi connectivity index (χ3v) is 2.91. The first kappa shape index (κ1) is 14.9. The number of benzene rings is 1. The van der Waals surface area contributed by atoms with E-state index >= 15 is 0 Å². The van der Waals surface area contributed by atoms with Crippen molar-refractivity contribution in [2.24, 2.45) is 0 Å². The van der Waals surface area contributed by atoms with Crippen LogP contribution < -0.4 is 10.6 Å². The zero-order valence-electron chi connectivity index (χ0n) is 11.3. The fourth-order valence-electron chi connectivity index (χ4n) is 1.74. The Morgan fingerprint density at radius 1 is 1.14 bits per heavy atom. The fourth-order valence-corrected chi connectivity index (χ4v) is 1.74. The molecule has 0 aliphatic carbocycles. The quantitative estimate of drug-likeness (QED) is 0.785. The largest absolute Gasteiger partial charge is 0.387 e. The topological polar surface area (TPSA) is 74.2 Å². The molecule has 1 unspecified atom stereocenters. The number of aliphatic hydroxyl groups is 1. The normalized spacial score (nSPS) is 11.7. The highest BCUT2D eigenvalue weighted by atomic mass is 19.1. The minimum absolute atomic E-state index is 0.0494. The molecule has 2 amide bonds. The molecule has 0 aliphatic rings. The molecule has 0 bridgehead atoms. The molecule has 0 saturated carbocycles. The number of urea groups is 1. The maximum atomic E-state index is 12.8. The van der Waals surface area contributed by atoms with Crippen molar-refractivity contribution in [3.05, 3.63) is 65.7 Å². The van der Waals surface area contributed by atoms with Crippen LogP contribution in [-0.4, -0.2) is 22.7 Å². The second-order valence-corrected chi connectivity index (χ2v) is 4.49. The van der Waals surface area contributed by atoms with Crippen molar-refractivity contribution >= 4 is 6.03 Å². The summed E-state index contributed by atoms with van der Waals surface area (Å²) in [6.07, 6.45) is 2.41. The van der Waals surface area contributed by atoms with Gasteiger partial charge >= 0.3 is 6.03 Å². The third kappa shape index (κ3) is 4.85. The molecule has 1 aromatic heterocycles. The van der Waals surface area contributed by atoms with Gasteiger partial charge in [0.1, 0.15) is 5.82 Å². The van der Waals surface area contributed by atoms with Crippen molar-refractivity contribution in [3.63, 3.8) is 0 Å². The third-order valence-electron chi connectivity index (χ3n) is 2.91. The van der Waals surface area contributed by atoms with E-state index in [1.165, 1.54) is 24.3 Å². The number of carbonyl (C=O) groups excluding carboxylic acids is 1. The van der Waals surface area contributed by atoms with Gasteiger partial charge < -0.3 is 15.7 Å². The number of hydrogen-bond acceptors (Lipinski definition) is 3. The van der Waals surface area contributed by atoms with Crippen molar-refractivity contribution in [2.45, 2.75) is 12.6 Å². The van der Waals surface area contributed by atoms with Crippen molar-refractivity contribution < 1.29 is 14.3 Å². The van der Waals surface area contributed by atoms with Crippen molar-refractivity contribution in [1.29, 1.82) is 0 Å². The summed E-state index contributed by atoms with van der Waals surface area (Å²) >= 11 is 0. The minimum Gasteiger partial charge on any atom is -0.387 e. The Hall–Kier alpha value is -2.47. The number of nitrogens with zero attached hydrogens (tertiary/aromatic N) is 1. The second kappa shape index (κ2) is 7.35. The molecule has 5 nitrogen and oxygen atoms in total. The Labute approximate surface area is 121 Å². The van der Waals surface area contributed by atoms with Gasteiger partial charge in [-0.1, -0.05) is 12.1 Å². The highest BCUT2D eigenvalue weighted by Gasteiger charge is 2.09. The van der Waals surface area contributed by atoms with Crippen LogP contribution in [0.2, 0.25) is 0 Å². The number of halogens is 1. The van der Waals surface area contributed by atoms with Gasteiger partial charge in [0, 0.05) is 25.5 Å². The van der Waals surface area contributed by atoms with Gasteiger partial charge in [0.15, 0.2) is 0 Å². The van der Waals surface area contributed by atoms with E-state index in [0.717, 1.165) is 5.56 Å². The first-order chi connectivity index (χ1) is 10.1. The molecule has 0 fully saturated rings. The van der Waals surface area contributed by atoms with Gasteiger partial charge in [0.05, 0.1) is 6.10 Å². The van der Waals surface area contributed by atoms with Crippen LogP contribution in [0, 0.1) is 5.82 Å². The van der Waals surface area contributed by atoms with Crippen molar-refractivity contribution in [2.75, 3.05) is 6.54 Å². The van der Waals surface area contributed by atoms with E-state index in [1.807, 2.05) is 0 Å². The van der Waals surface area contributed by atoms with Gasteiger partial charge in [0.25, 0.3) is 0 Å². The van der Waals surface area contributed by atoms with Crippen LogP contribution in [-0.2, 0) is 6.54 Å². The van der Waals surface area contributed by atoms with E-state index in [9.17, 15) is 14.3 Å².